The molecule has 1 aliphatic rings. The molecule has 1 N–H and O–H groups in total. The number of methoxy groups -OCH3 is 1. The third-order valence-electron chi connectivity index (χ3n) is 3.81. The molecule has 0 atom stereocenters. The van der Waals surface area contributed by atoms with Crippen molar-refractivity contribution in [3.05, 3.63) is 18.3 Å². The third kappa shape index (κ3) is 2.29. The molecule has 1 saturated carbocycles. The number of rotatable bonds is 4. The van der Waals surface area contributed by atoms with Crippen molar-refractivity contribution in [3.8, 4) is 5.75 Å². The molecule has 0 saturated heterocycles. The van der Waals surface area contributed by atoms with E-state index in [0.29, 0.717) is 18.6 Å². The van der Waals surface area contributed by atoms with Gasteiger partial charge in [-0.2, -0.15) is 0 Å². The maximum atomic E-state index is 12.6. The summed E-state index contributed by atoms with van der Waals surface area (Å²) in [7, 11) is -1.99. The number of hydrogen-bond donors (Lipinski definition) is 1. The van der Waals surface area contributed by atoms with E-state index in [4.69, 9.17) is 4.74 Å². The summed E-state index contributed by atoms with van der Waals surface area (Å²) in [6.45, 7) is 5.86. The second-order valence-corrected chi connectivity index (χ2v) is 7.90. The summed E-state index contributed by atoms with van der Waals surface area (Å²) in [5.41, 5.74) is -0.305. The van der Waals surface area contributed by atoms with Gasteiger partial charge in [-0.05, 0) is 30.4 Å². The molecule has 5 nitrogen and oxygen atoms in total. The first kappa shape index (κ1) is 14.1. The van der Waals surface area contributed by atoms with Crippen LogP contribution in [-0.4, -0.2) is 25.3 Å². The zero-order valence-electron chi connectivity index (χ0n) is 11.7. The number of nitrogens with one attached hydrogen (secondary N) is 1. The zero-order chi connectivity index (χ0) is 14.3. The Morgan fingerprint density at radius 2 is 2.00 bits per heavy atom. The number of anilines is 1. The highest BCUT2D eigenvalue weighted by Crippen LogP contribution is 2.56. The molecule has 19 heavy (non-hydrogen) atoms. The van der Waals surface area contributed by atoms with Crippen LogP contribution in [0, 0.1) is 5.41 Å². The van der Waals surface area contributed by atoms with Crippen LogP contribution in [0.15, 0.2) is 18.3 Å². The second-order valence-electron chi connectivity index (χ2n) is 5.90. The van der Waals surface area contributed by atoms with Crippen LogP contribution >= 0.6 is 0 Å². The van der Waals surface area contributed by atoms with E-state index in [1.54, 1.807) is 12.1 Å². The summed E-state index contributed by atoms with van der Waals surface area (Å²) < 4.78 is 32.2. The van der Waals surface area contributed by atoms with Crippen LogP contribution in [-0.2, 0) is 10.0 Å². The van der Waals surface area contributed by atoms with E-state index in [1.165, 1.54) is 13.3 Å². The van der Waals surface area contributed by atoms with Gasteiger partial charge in [0.15, 0.2) is 11.6 Å². The number of hydrogen-bond acceptors (Lipinski definition) is 4. The van der Waals surface area contributed by atoms with Crippen LogP contribution in [0.4, 0.5) is 5.82 Å². The van der Waals surface area contributed by atoms with E-state index in [0.717, 1.165) is 0 Å². The highest BCUT2D eigenvalue weighted by Gasteiger charge is 2.62. The molecule has 1 aliphatic carbocycles. The van der Waals surface area contributed by atoms with Crippen molar-refractivity contribution in [2.24, 2.45) is 5.41 Å². The predicted molar refractivity (Wildman–Crippen MR) is 74.8 cm³/mol. The second kappa shape index (κ2) is 4.37. The number of ether oxygens (including phenoxy) is 1. The van der Waals surface area contributed by atoms with Crippen molar-refractivity contribution in [2.75, 3.05) is 11.8 Å². The lowest BCUT2D eigenvalue weighted by molar-refractivity contribution is 0.363. The average molecular weight is 284 g/mol. The summed E-state index contributed by atoms with van der Waals surface area (Å²) in [4.78, 5) is 4.04. The van der Waals surface area contributed by atoms with Gasteiger partial charge in [-0.25, -0.2) is 13.4 Å². The zero-order valence-corrected chi connectivity index (χ0v) is 12.5. The lowest BCUT2D eigenvalue weighted by Gasteiger charge is -2.30. The normalized spacial score (nSPS) is 17.9. The first-order chi connectivity index (χ1) is 8.73. The molecular weight excluding hydrogens is 264 g/mol. The van der Waals surface area contributed by atoms with Crippen LogP contribution < -0.4 is 9.46 Å². The first-order valence-electron chi connectivity index (χ1n) is 6.25. The molecule has 0 aromatic carbocycles. The smallest absolute Gasteiger partial charge is 0.240 e. The predicted octanol–water partition coefficient (Wildman–Crippen LogP) is 2.41. The molecule has 1 aromatic rings. The van der Waals surface area contributed by atoms with Gasteiger partial charge in [-0.15, -0.1) is 0 Å². The summed E-state index contributed by atoms with van der Waals surface area (Å²) >= 11 is 0. The number of nitrogens with zero attached hydrogens (tertiary/aromatic N) is 1. The van der Waals surface area contributed by atoms with Crippen molar-refractivity contribution in [1.29, 1.82) is 0 Å². The lowest BCUT2D eigenvalue weighted by Crippen LogP contribution is -2.40. The highest BCUT2D eigenvalue weighted by molar-refractivity contribution is 7.94. The minimum Gasteiger partial charge on any atom is -0.493 e. The van der Waals surface area contributed by atoms with Gasteiger partial charge in [-0.3, -0.25) is 4.72 Å². The topological polar surface area (TPSA) is 68.3 Å². The van der Waals surface area contributed by atoms with Gasteiger partial charge in [0, 0.05) is 6.20 Å². The summed E-state index contributed by atoms with van der Waals surface area (Å²) in [6, 6.07) is 3.38. The van der Waals surface area contributed by atoms with E-state index in [9.17, 15) is 8.42 Å². The number of pyridine rings is 1. The van der Waals surface area contributed by atoms with Crippen molar-refractivity contribution in [2.45, 2.75) is 38.4 Å². The fourth-order valence-electron chi connectivity index (χ4n) is 2.39. The maximum Gasteiger partial charge on any atom is 0.240 e. The Kier molecular flexibility index (Phi) is 3.24. The summed E-state index contributed by atoms with van der Waals surface area (Å²) in [6.07, 6.45) is 2.90. The Morgan fingerprint density at radius 1 is 1.37 bits per heavy atom. The van der Waals surface area contributed by atoms with Gasteiger partial charge < -0.3 is 4.74 Å². The molecule has 0 radical (unpaired) electrons. The largest absolute Gasteiger partial charge is 0.493 e. The molecule has 1 fully saturated rings. The third-order valence-corrected chi connectivity index (χ3v) is 6.32. The molecule has 0 spiro atoms. The molecule has 1 aromatic heterocycles. The highest BCUT2D eigenvalue weighted by atomic mass is 32.2. The quantitative estimate of drug-likeness (QED) is 0.922. The molecule has 0 aliphatic heterocycles. The first-order valence-corrected chi connectivity index (χ1v) is 7.73. The Morgan fingerprint density at radius 3 is 2.47 bits per heavy atom. The van der Waals surface area contributed by atoms with Crippen LogP contribution in [0.2, 0.25) is 0 Å². The van der Waals surface area contributed by atoms with Gasteiger partial charge in [0.05, 0.1) is 11.9 Å². The van der Waals surface area contributed by atoms with Crippen LogP contribution in [0.1, 0.15) is 33.6 Å². The molecular formula is C13H20N2O3S. The minimum atomic E-state index is -3.48. The van der Waals surface area contributed by atoms with Gasteiger partial charge in [0.2, 0.25) is 10.0 Å². The van der Waals surface area contributed by atoms with Crippen molar-refractivity contribution >= 4 is 15.8 Å². The molecule has 1 heterocycles. The van der Waals surface area contributed by atoms with Gasteiger partial charge >= 0.3 is 0 Å². The molecule has 0 unspecified atom stereocenters. The van der Waals surface area contributed by atoms with E-state index in [1.807, 2.05) is 20.8 Å². The van der Waals surface area contributed by atoms with E-state index >= 15 is 0 Å². The molecule has 0 bridgehead atoms. The van der Waals surface area contributed by atoms with E-state index in [2.05, 4.69) is 9.71 Å². The number of sulfonamides is 1. The van der Waals surface area contributed by atoms with Crippen molar-refractivity contribution in [1.82, 2.24) is 4.98 Å². The molecule has 0 amide bonds. The monoisotopic (exact) mass is 284 g/mol. The number of aromatic nitrogens is 1. The Balaban J connectivity index is 2.33. The van der Waals surface area contributed by atoms with Crippen molar-refractivity contribution in [3.63, 3.8) is 0 Å². The van der Waals surface area contributed by atoms with Gasteiger partial charge in [0.25, 0.3) is 0 Å². The minimum absolute atomic E-state index is 0.250. The fourth-order valence-corrected chi connectivity index (χ4v) is 4.44. The standard InChI is InChI=1S/C13H20N2O3S/c1-12(2,3)13(7-8-13)19(16,17)15-11-10(18-4)6-5-9-14-11/h5-6,9H,7-8H2,1-4H3,(H,14,15). The molecule has 6 heteroatoms. The molecule has 106 valence electrons. The van der Waals surface area contributed by atoms with Crippen LogP contribution in [0.5, 0.6) is 5.75 Å². The van der Waals surface area contributed by atoms with Crippen molar-refractivity contribution < 1.29 is 13.2 Å². The SMILES string of the molecule is COc1cccnc1NS(=O)(=O)C1(C(C)(C)C)CC1. The van der Waals surface area contributed by atoms with Crippen LogP contribution in [0.25, 0.3) is 0 Å². The maximum absolute atomic E-state index is 12.6. The summed E-state index contributed by atoms with van der Waals surface area (Å²) in [5.74, 6) is 0.677. The Bertz CT molecular complexity index is 572. The average Bonchev–Trinajstić information content (AvgIpc) is 3.09. The Labute approximate surface area is 114 Å². The van der Waals surface area contributed by atoms with Gasteiger partial charge in [-0.1, -0.05) is 20.8 Å². The molecule has 2 rings (SSSR count). The van der Waals surface area contributed by atoms with E-state index in [-0.39, 0.29) is 11.2 Å². The van der Waals surface area contributed by atoms with E-state index < -0.39 is 14.8 Å². The van der Waals surface area contributed by atoms with Crippen LogP contribution in [0.3, 0.4) is 0 Å². The summed E-state index contributed by atoms with van der Waals surface area (Å²) in [5, 5.41) is 0. The lowest BCUT2D eigenvalue weighted by atomic mass is 9.90. The van der Waals surface area contributed by atoms with Gasteiger partial charge in [0.1, 0.15) is 0 Å². The Hall–Kier alpha value is -1.30. The fraction of sp³-hybridized carbons (Fsp3) is 0.615.